The topological polar surface area (TPSA) is 87.1 Å². The van der Waals surface area contributed by atoms with Crippen molar-refractivity contribution in [1.82, 2.24) is 4.90 Å². The molecule has 0 aromatic heterocycles. The van der Waals surface area contributed by atoms with E-state index in [0.29, 0.717) is 6.42 Å². The molecule has 130 valence electrons. The first-order chi connectivity index (χ1) is 10.9. The third-order valence-electron chi connectivity index (χ3n) is 4.23. The molecule has 23 heavy (non-hydrogen) atoms. The van der Waals surface area contributed by atoms with Crippen molar-refractivity contribution in [3.05, 3.63) is 10.6 Å². The van der Waals surface area contributed by atoms with E-state index in [2.05, 4.69) is 6.26 Å². The van der Waals surface area contributed by atoms with Crippen LogP contribution in [0.15, 0.2) is 10.6 Å². The predicted molar refractivity (Wildman–Crippen MR) is 92.4 cm³/mol. The van der Waals surface area contributed by atoms with E-state index in [1.807, 2.05) is 0 Å². The Bertz CT molecular complexity index is 508. The number of carboxylic acid groups (broad SMARTS) is 1. The molecule has 0 radical (unpaired) electrons. The van der Waals surface area contributed by atoms with Crippen LogP contribution < -0.4 is 0 Å². The molecule has 1 fully saturated rings. The van der Waals surface area contributed by atoms with Crippen LogP contribution in [-0.4, -0.2) is 76.4 Å². The number of hydrogen-bond acceptors (Lipinski definition) is 5. The fourth-order valence-corrected chi connectivity index (χ4v) is 5.98. The summed E-state index contributed by atoms with van der Waals surface area (Å²) in [6.07, 6.45) is 1.99. The van der Waals surface area contributed by atoms with Gasteiger partial charge in [0, 0.05) is 24.2 Å². The van der Waals surface area contributed by atoms with Crippen LogP contribution in [0.25, 0.3) is 0 Å². The number of thioether (sulfide) groups is 1. The largest absolute Gasteiger partial charge is 0.477 e. The van der Waals surface area contributed by atoms with E-state index in [-0.39, 0.29) is 28.5 Å². The Morgan fingerprint density at radius 2 is 2.22 bits per heavy atom. The van der Waals surface area contributed by atoms with Crippen molar-refractivity contribution in [2.24, 2.45) is 5.92 Å². The zero-order valence-electron chi connectivity index (χ0n) is 13.7. The van der Waals surface area contributed by atoms with Crippen LogP contribution in [0, 0.1) is 5.92 Å². The van der Waals surface area contributed by atoms with Crippen molar-refractivity contribution >= 4 is 34.5 Å². The Kier molecular flexibility index (Phi) is 6.41. The van der Waals surface area contributed by atoms with Gasteiger partial charge in [0.05, 0.1) is 30.9 Å². The normalized spacial score (nSPS) is 26.1. The van der Waals surface area contributed by atoms with E-state index in [0.717, 1.165) is 28.8 Å². The molecule has 2 heterocycles. The fourth-order valence-electron chi connectivity index (χ4n) is 2.99. The summed E-state index contributed by atoms with van der Waals surface area (Å²) in [5.74, 6) is 1.06. The Labute approximate surface area is 143 Å². The van der Waals surface area contributed by atoms with Gasteiger partial charge >= 0.3 is 5.97 Å². The minimum atomic E-state index is -1.05. The molecule has 2 aliphatic rings. The molecule has 0 bridgehead atoms. The molecule has 0 spiro atoms. The molecule has 0 aromatic carbocycles. The molecule has 1 saturated heterocycles. The van der Waals surface area contributed by atoms with Gasteiger partial charge < -0.3 is 19.8 Å². The summed E-state index contributed by atoms with van der Waals surface area (Å²) in [5, 5.41) is 19.1. The van der Waals surface area contributed by atoms with Gasteiger partial charge in [0.2, 0.25) is 5.91 Å². The smallest absolute Gasteiger partial charge is 0.353 e. The van der Waals surface area contributed by atoms with Gasteiger partial charge in [-0.05, 0) is 17.8 Å². The van der Waals surface area contributed by atoms with E-state index in [1.165, 1.54) is 16.7 Å². The Morgan fingerprint density at radius 3 is 2.78 bits per heavy atom. The maximum atomic E-state index is 12.1. The molecular formula is C15H24NO5S2+. The number of amides is 1. The van der Waals surface area contributed by atoms with Crippen LogP contribution in [-0.2, 0) is 25.2 Å². The summed E-state index contributed by atoms with van der Waals surface area (Å²) >= 11 is 1.53. The van der Waals surface area contributed by atoms with E-state index < -0.39 is 18.0 Å². The number of carboxylic acids is 1. The number of aliphatic carboxylic acids is 1. The Morgan fingerprint density at radius 1 is 1.52 bits per heavy atom. The second kappa shape index (κ2) is 7.92. The van der Waals surface area contributed by atoms with Gasteiger partial charge in [-0.1, -0.05) is 0 Å². The number of methoxy groups -OCH3 is 1. The third-order valence-corrected chi connectivity index (χ3v) is 7.37. The number of ether oxygens (including phenoxy) is 1. The molecule has 8 heteroatoms. The first-order valence-corrected chi connectivity index (χ1v) is 10.5. The van der Waals surface area contributed by atoms with Crippen molar-refractivity contribution in [2.75, 3.05) is 37.2 Å². The average molecular weight is 362 g/mol. The Hall–Kier alpha value is -0.700. The highest BCUT2D eigenvalue weighted by atomic mass is 32.2. The van der Waals surface area contributed by atoms with Gasteiger partial charge in [0.15, 0.2) is 0 Å². The van der Waals surface area contributed by atoms with Gasteiger partial charge in [0.1, 0.15) is 17.2 Å². The lowest BCUT2D eigenvalue weighted by Gasteiger charge is -2.44. The summed E-state index contributed by atoms with van der Waals surface area (Å²) in [4.78, 5) is 25.7. The molecule has 2 aliphatic heterocycles. The van der Waals surface area contributed by atoms with Gasteiger partial charge in [-0.15, -0.1) is 11.8 Å². The quantitative estimate of drug-likeness (QED) is 0.459. The number of fused-ring (bicyclic) bond motifs is 1. The first kappa shape index (κ1) is 18.6. The molecule has 2 rings (SSSR count). The van der Waals surface area contributed by atoms with E-state index in [1.54, 1.807) is 14.0 Å². The lowest BCUT2D eigenvalue weighted by atomic mass is 9.83. The number of rotatable bonds is 9. The molecule has 3 unspecified atom stereocenters. The van der Waals surface area contributed by atoms with Crippen LogP contribution in [0.2, 0.25) is 0 Å². The summed E-state index contributed by atoms with van der Waals surface area (Å²) in [6, 6.07) is -0.190. The summed E-state index contributed by atoms with van der Waals surface area (Å²) in [5.41, 5.74) is 0.120. The molecule has 4 atom stereocenters. The number of aliphatic hydroxyl groups excluding tert-OH is 1. The van der Waals surface area contributed by atoms with E-state index in [4.69, 9.17) is 4.74 Å². The van der Waals surface area contributed by atoms with Crippen LogP contribution in [0.1, 0.15) is 13.3 Å². The van der Waals surface area contributed by atoms with Crippen LogP contribution in [0.5, 0.6) is 0 Å². The second-order valence-electron chi connectivity index (χ2n) is 5.85. The number of carbonyl (C=O) groups is 2. The van der Waals surface area contributed by atoms with E-state index in [9.17, 15) is 19.8 Å². The fraction of sp³-hybridized carbons (Fsp3) is 0.733. The molecule has 6 nitrogen and oxygen atoms in total. The Balaban J connectivity index is 1.95. The number of aliphatic hydroxyl groups is 1. The average Bonchev–Trinajstić information content (AvgIpc) is 2.79. The molecular weight excluding hydrogens is 338 g/mol. The van der Waals surface area contributed by atoms with Gasteiger partial charge in [0.25, 0.3) is 0 Å². The minimum Gasteiger partial charge on any atom is -0.477 e. The molecule has 0 saturated carbocycles. The van der Waals surface area contributed by atoms with E-state index >= 15 is 0 Å². The maximum Gasteiger partial charge on any atom is 0.353 e. The van der Waals surface area contributed by atoms with Crippen molar-refractivity contribution in [1.29, 1.82) is 0 Å². The van der Waals surface area contributed by atoms with Gasteiger partial charge in [-0.25, -0.2) is 4.79 Å². The monoisotopic (exact) mass is 362 g/mol. The molecule has 1 amide bonds. The molecule has 0 aliphatic carbocycles. The first-order valence-electron chi connectivity index (χ1n) is 7.57. The summed E-state index contributed by atoms with van der Waals surface area (Å²) in [6.45, 7) is 2.33. The number of carbonyl (C=O) groups excluding carboxylic acids is 1. The second-order valence-corrected chi connectivity index (χ2v) is 9.42. The minimum absolute atomic E-state index is 0.120. The summed E-state index contributed by atoms with van der Waals surface area (Å²) < 4.78 is 5.07. The lowest BCUT2D eigenvalue weighted by Crippen LogP contribution is -2.61. The zero-order valence-corrected chi connectivity index (χ0v) is 15.3. The highest BCUT2D eigenvalue weighted by molar-refractivity contribution is 8.04. The number of hydrogen-bond donors (Lipinski definition) is 2. The van der Waals surface area contributed by atoms with Crippen molar-refractivity contribution in [3.8, 4) is 0 Å². The van der Waals surface area contributed by atoms with Crippen LogP contribution >= 0.6 is 11.8 Å². The SMILES string of the molecule is COCC[S+](C)CCSC1=C(C(=O)O)N2C(=O)C([C@@H](C)O)C2C1. The van der Waals surface area contributed by atoms with Crippen molar-refractivity contribution in [2.45, 2.75) is 25.5 Å². The maximum absolute atomic E-state index is 12.1. The van der Waals surface area contributed by atoms with Crippen LogP contribution in [0.3, 0.4) is 0 Å². The highest BCUT2D eigenvalue weighted by Crippen LogP contribution is 2.46. The third kappa shape index (κ3) is 3.87. The zero-order chi connectivity index (χ0) is 17.1. The summed E-state index contributed by atoms with van der Waals surface area (Å²) in [7, 11) is 1.94. The molecule has 2 N–H and O–H groups in total. The highest BCUT2D eigenvalue weighted by Gasteiger charge is 2.56. The predicted octanol–water partition coefficient (Wildman–Crippen LogP) is 0.522. The number of β-lactam (4-membered cyclic amide) rings is 1. The molecule has 0 aromatic rings. The standard InChI is InChI=1S/C15H23NO5S2/c1-9(17)12-10-8-11(13(15(19)20)16(10)14(12)18)22-5-7-23(3)6-4-21-2/h9-10,12,17H,4-8H2,1-3H3/p+1/t9-,10?,12?,23?/m1/s1. The van der Waals surface area contributed by atoms with Crippen molar-refractivity contribution in [3.63, 3.8) is 0 Å². The number of nitrogens with zero attached hydrogens (tertiary/aromatic N) is 1. The van der Waals surface area contributed by atoms with Gasteiger partial charge in [-0.3, -0.25) is 4.79 Å². The van der Waals surface area contributed by atoms with Gasteiger partial charge in [-0.2, -0.15) is 0 Å². The lowest BCUT2D eigenvalue weighted by molar-refractivity contribution is -0.161. The van der Waals surface area contributed by atoms with Crippen LogP contribution in [0.4, 0.5) is 0 Å². The van der Waals surface area contributed by atoms with Crippen molar-refractivity contribution < 1.29 is 24.5 Å².